The van der Waals surface area contributed by atoms with E-state index in [1.165, 1.54) is 0 Å². The van der Waals surface area contributed by atoms with Crippen molar-refractivity contribution in [1.82, 2.24) is 21.3 Å². The average Bonchev–Trinajstić information content (AvgIpc) is 2.17. The summed E-state index contributed by atoms with van der Waals surface area (Å²) in [5.74, 6) is 0. The molecule has 0 aliphatic carbocycles. The fourth-order valence-electron chi connectivity index (χ4n) is 1.75. The highest BCUT2D eigenvalue weighted by atomic mass is 16.5. The van der Waals surface area contributed by atoms with E-state index in [1.807, 2.05) is 0 Å². The number of hydrogen-bond acceptors (Lipinski definition) is 7. The van der Waals surface area contributed by atoms with Gasteiger partial charge in [-0.3, -0.25) is 21.3 Å². The van der Waals surface area contributed by atoms with Crippen LogP contribution in [-0.2, 0) is 4.74 Å². The lowest BCUT2D eigenvalue weighted by molar-refractivity contribution is -0.123. The van der Waals surface area contributed by atoms with Gasteiger partial charge in [-0.05, 0) is 12.8 Å². The van der Waals surface area contributed by atoms with Gasteiger partial charge < -0.3 is 14.9 Å². The predicted molar refractivity (Wildman–Crippen MR) is 52.2 cm³/mol. The first-order valence-electron chi connectivity index (χ1n) is 5.24. The van der Waals surface area contributed by atoms with E-state index in [1.54, 1.807) is 0 Å². The molecule has 0 aromatic carbocycles. The summed E-state index contributed by atoms with van der Waals surface area (Å²) in [5.41, 5.74) is 0. The third kappa shape index (κ3) is 3.35. The number of nitrogens with one attached hydrogen (secondary N) is 4. The molecule has 0 aromatic heterocycles. The second-order valence-corrected chi connectivity index (χ2v) is 3.74. The summed E-state index contributed by atoms with van der Waals surface area (Å²) in [5, 5.41) is 30.0. The number of hydrogen-bond donors (Lipinski definition) is 6. The number of aliphatic hydroxyl groups is 2. The van der Waals surface area contributed by atoms with Gasteiger partial charge >= 0.3 is 0 Å². The molecule has 15 heavy (non-hydrogen) atoms. The molecule has 4 atom stereocenters. The SMILES string of the molecule is OC1NCCC(OC2CCNC(O)N2)N1. The molecular formula is C8H18N4O3. The van der Waals surface area contributed by atoms with Crippen molar-refractivity contribution in [2.75, 3.05) is 13.1 Å². The van der Waals surface area contributed by atoms with Crippen molar-refractivity contribution < 1.29 is 14.9 Å². The Labute approximate surface area is 88.2 Å². The molecule has 2 aliphatic heterocycles. The van der Waals surface area contributed by atoms with Crippen LogP contribution in [0.15, 0.2) is 0 Å². The number of aliphatic hydroxyl groups excluding tert-OH is 2. The van der Waals surface area contributed by atoms with Gasteiger partial charge in [-0.15, -0.1) is 0 Å². The smallest absolute Gasteiger partial charge is 0.162 e. The summed E-state index contributed by atoms with van der Waals surface area (Å²) < 4.78 is 5.65. The highest BCUT2D eigenvalue weighted by molar-refractivity contribution is 4.72. The molecule has 4 unspecified atom stereocenters. The summed E-state index contributed by atoms with van der Waals surface area (Å²) in [6.45, 7) is 1.43. The zero-order chi connectivity index (χ0) is 10.7. The molecule has 2 saturated heterocycles. The molecule has 0 aromatic rings. The van der Waals surface area contributed by atoms with Crippen LogP contribution in [0, 0.1) is 0 Å². The molecule has 2 aliphatic rings. The highest BCUT2D eigenvalue weighted by Gasteiger charge is 2.25. The Morgan fingerprint density at radius 1 is 0.867 bits per heavy atom. The van der Waals surface area contributed by atoms with Gasteiger partial charge in [0.15, 0.2) is 12.7 Å². The summed E-state index contributed by atoms with van der Waals surface area (Å²) >= 11 is 0. The lowest BCUT2D eigenvalue weighted by atomic mass is 10.3. The van der Waals surface area contributed by atoms with E-state index in [4.69, 9.17) is 4.74 Å². The Bertz CT molecular complexity index is 186. The van der Waals surface area contributed by atoms with Crippen LogP contribution < -0.4 is 21.3 Å². The van der Waals surface area contributed by atoms with Crippen LogP contribution in [0.3, 0.4) is 0 Å². The fraction of sp³-hybridized carbons (Fsp3) is 1.00. The summed E-state index contributed by atoms with van der Waals surface area (Å²) in [7, 11) is 0. The summed E-state index contributed by atoms with van der Waals surface area (Å²) in [6, 6.07) is 0. The van der Waals surface area contributed by atoms with Crippen LogP contribution in [-0.4, -0.2) is 48.5 Å². The molecule has 0 bridgehead atoms. The first-order chi connectivity index (χ1) is 7.24. The Hall–Kier alpha value is -0.280. The van der Waals surface area contributed by atoms with Crippen LogP contribution in [0.4, 0.5) is 0 Å². The van der Waals surface area contributed by atoms with Gasteiger partial charge in [-0.2, -0.15) is 0 Å². The number of ether oxygens (including phenoxy) is 1. The lowest BCUT2D eigenvalue weighted by Gasteiger charge is -2.35. The van der Waals surface area contributed by atoms with Crippen LogP contribution >= 0.6 is 0 Å². The van der Waals surface area contributed by atoms with E-state index >= 15 is 0 Å². The third-order valence-corrected chi connectivity index (χ3v) is 2.50. The Morgan fingerprint density at radius 2 is 1.33 bits per heavy atom. The molecule has 0 spiro atoms. The maximum Gasteiger partial charge on any atom is 0.162 e. The Kier molecular flexibility index (Phi) is 3.87. The first kappa shape index (κ1) is 11.2. The molecule has 0 amide bonds. The molecule has 88 valence electrons. The Morgan fingerprint density at radius 3 is 1.73 bits per heavy atom. The first-order valence-corrected chi connectivity index (χ1v) is 5.24. The standard InChI is InChI=1S/C8H18N4O3/c13-7-9-3-1-5(11-7)15-6-2-4-10-8(14)12-6/h5-14H,1-4H2. The lowest BCUT2D eigenvalue weighted by Crippen LogP contribution is -2.59. The van der Waals surface area contributed by atoms with E-state index in [-0.39, 0.29) is 12.5 Å². The predicted octanol–water partition coefficient (Wildman–Crippen LogP) is -2.63. The largest absolute Gasteiger partial charge is 0.365 e. The van der Waals surface area contributed by atoms with E-state index in [0.29, 0.717) is 13.1 Å². The van der Waals surface area contributed by atoms with Crippen LogP contribution in [0.2, 0.25) is 0 Å². The van der Waals surface area contributed by atoms with Gasteiger partial charge in [0.1, 0.15) is 12.5 Å². The minimum absolute atomic E-state index is 0.177. The van der Waals surface area contributed by atoms with Gasteiger partial charge in [0.05, 0.1) is 0 Å². The van der Waals surface area contributed by atoms with Crippen molar-refractivity contribution in [2.45, 2.75) is 38.0 Å². The Balaban J connectivity index is 1.75. The van der Waals surface area contributed by atoms with E-state index in [9.17, 15) is 10.2 Å². The van der Waals surface area contributed by atoms with Crippen molar-refractivity contribution >= 4 is 0 Å². The normalized spacial score (nSPS) is 42.8. The van der Waals surface area contributed by atoms with Crippen LogP contribution in [0.5, 0.6) is 0 Å². The molecule has 7 nitrogen and oxygen atoms in total. The molecule has 7 heteroatoms. The zero-order valence-corrected chi connectivity index (χ0v) is 8.44. The van der Waals surface area contributed by atoms with E-state index < -0.39 is 12.7 Å². The summed E-state index contributed by atoms with van der Waals surface area (Å²) in [4.78, 5) is 0. The van der Waals surface area contributed by atoms with Gasteiger partial charge in [-0.1, -0.05) is 0 Å². The monoisotopic (exact) mass is 218 g/mol. The third-order valence-electron chi connectivity index (χ3n) is 2.50. The fourth-order valence-corrected chi connectivity index (χ4v) is 1.75. The quantitative estimate of drug-likeness (QED) is 0.302. The molecule has 0 radical (unpaired) electrons. The minimum atomic E-state index is -0.713. The van der Waals surface area contributed by atoms with Gasteiger partial charge in [0.25, 0.3) is 0 Å². The topological polar surface area (TPSA) is 97.8 Å². The van der Waals surface area contributed by atoms with Crippen LogP contribution in [0.25, 0.3) is 0 Å². The van der Waals surface area contributed by atoms with E-state index in [2.05, 4.69) is 21.3 Å². The zero-order valence-electron chi connectivity index (χ0n) is 8.44. The molecular weight excluding hydrogens is 200 g/mol. The molecule has 2 rings (SSSR count). The van der Waals surface area contributed by atoms with Crippen molar-refractivity contribution in [3.05, 3.63) is 0 Å². The number of rotatable bonds is 2. The molecule has 2 fully saturated rings. The van der Waals surface area contributed by atoms with Crippen LogP contribution in [0.1, 0.15) is 12.8 Å². The summed E-state index contributed by atoms with van der Waals surface area (Å²) in [6.07, 6.45) is -0.198. The van der Waals surface area contributed by atoms with Crippen molar-refractivity contribution in [3.63, 3.8) is 0 Å². The van der Waals surface area contributed by atoms with E-state index in [0.717, 1.165) is 12.8 Å². The molecule has 2 heterocycles. The van der Waals surface area contributed by atoms with Gasteiger partial charge in [-0.25, -0.2) is 0 Å². The maximum absolute atomic E-state index is 9.28. The average molecular weight is 218 g/mol. The van der Waals surface area contributed by atoms with Crippen molar-refractivity contribution in [2.24, 2.45) is 0 Å². The molecule has 0 saturated carbocycles. The van der Waals surface area contributed by atoms with Gasteiger partial charge in [0, 0.05) is 13.1 Å². The minimum Gasteiger partial charge on any atom is -0.365 e. The van der Waals surface area contributed by atoms with Crippen molar-refractivity contribution in [1.29, 1.82) is 0 Å². The maximum atomic E-state index is 9.28. The highest BCUT2D eigenvalue weighted by Crippen LogP contribution is 2.07. The second-order valence-electron chi connectivity index (χ2n) is 3.74. The second kappa shape index (κ2) is 5.17. The molecule has 6 N–H and O–H groups in total. The van der Waals surface area contributed by atoms with Crippen molar-refractivity contribution in [3.8, 4) is 0 Å². The van der Waals surface area contributed by atoms with Gasteiger partial charge in [0.2, 0.25) is 0 Å².